The van der Waals surface area contributed by atoms with Gasteiger partial charge >= 0.3 is 6.18 Å². The summed E-state index contributed by atoms with van der Waals surface area (Å²) in [7, 11) is 0. The lowest BCUT2D eigenvalue weighted by molar-refractivity contribution is -0.137. The summed E-state index contributed by atoms with van der Waals surface area (Å²) in [5, 5.41) is 8.90. The molecule has 1 aromatic carbocycles. The molecule has 1 heterocycles. The van der Waals surface area contributed by atoms with Crippen LogP contribution >= 0.6 is 0 Å². The van der Waals surface area contributed by atoms with Gasteiger partial charge in [-0.3, -0.25) is 4.79 Å². The summed E-state index contributed by atoms with van der Waals surface area (Å²) in [6.45, 7) is 0.788. The zero-order valence-electron chi connectivity index (χ0n) is 11.6. The van der Waals surface area contributed by atoms with E-state index in [1.165, 1.54) is 6.07 Å². The quantitative estimate of drug-likeness (QED) is 0.849. The van der Waals surface area contributed by atoms with Crippen LogP contribution in [0.15, 0.2) is 18.2 Å². The normalized spacial score (nSPS) is 19.0. The van der Waals surface area contributed by atoms with Gasteiger partial charge < -0.3 is 10.0 Å². The highest BCUT2D eigenvalue weighted by atomic mass is 19.4. The molecule has 1 aliphatic rings. The summed E-state index contributed by atoms with van der Waals surface area (Å²) in [6.07, 6.45) is -1.07. The Bertz CT molecular complexity index is 502. The molecule has 0 aliphatic carbocycles. The van der Waals surface area contributed by atoms with Crippen molar-refractivity contribution in [3.8, 4) is 0 Å². The van der Waals surface area contributed by atoms with Crippen LogP contribution < -0.4 is 4.90 Å². The zero-order chi connectivity index (χ0) is 15.5. The van der Waals surface area contributed by atoms with Crippen LogP contribution in [0.2, 0.25) is 0 Å². The second-order valence-corrected chi connectivity index (χ2v) is 5.24. The number of aldehydes is 1. The number of aliphatic hydroxyl groups is 1. The summed E-state index contributed by atoms with van der Waals surface area (Å²) in [5.74, 6) is 0. The minimum Gasteiger partial charge on any atom is -0.396 e. The maximum Gasteiger partial charge on any atom is 0.417 e. The number of hydrogen-bond acceptors (Lipinski definition) is 3. The Kier molecular flexibility index (Phi) is 4.88. The number of halogens is 3. The molecule has 0 spiro atoms. The van der Waals surface area contributed by atoms with E-state index in [9.17, 15) is 18.0 Å². The molecule has 1 saturated heterocycles. The van der Waals surface area contributed by atoms with Gasteiger partial charge in [0.05, 0.1) is 5.56 Å². The molecular weight excluding hydrogens is 283 g/mol. The molecule has 6 heteroatoms. The van der Waals surface area contributed by atoms with Crippen molar-refractivity contribution in [2.75, 3.05) is 18.1 Å². The standard InChI is InChI=1S/C15H18F3NO2/c16-15(17,18)14-9-13(6-5-11(14)10-21)19-7-1-3-12(19)4-2-8-20/h5-6,9-10,12,20H,1-4,7-8H2. The maximum atomic E-state index is 13.0. The van der Waals surface area contributed by atoms with Crippen LogP contribution in [-0.2, 0) is 6.18 Å². The van der Waals surface area contributed by atoms with Gasteiger partial charge in [0.15, 0.2) is 6.29 Å². The first-order valence-corrected chi connectivity index (χ1v) is 7.01. The van der Waals surface area contributed by atoms with Crippen molar-refractivity contribution in [1.29, 1.82) is 0 Å². The van der Waals surface area contributed by atoms with Crippen molar-refractivity contribution < 1.29 is 23.1 Å². The van der Waals surface area contributed by atoms with E-state index in [1.807, 2.05) is 4.90 Å². The van der Waals surface area contributed by atoms with Gasteiger partial charge in [0, 0.05) is 30.4 Å². The van der Waals surface area contributed by atoms with E-state index in [0.717, 1.165) is 25.3 Å². The Hall–Kier alpha value is -1.56. The maximum absolute atomic E-state index is 13.0. The number of aliphatic hydroxyl groups excluding tert-OH is 1. The average molecular weight is 301 g/mol. The number of carbonyl (C=O) groups excluding carboxylic acids is 1. The first kappa shape index (κ1) is 15.8. The number of nitrogens with zero attached hydrogens (tertiary/aromatic N) is 1. The van der Waals surface area contributed by atoms with Gasteiger partial charge in [-0.1, -0.05) is 0 Å². The van der Waals surface area contributed by atoms with Gasteiger partial charge in [-0.25, -0.2) is 0 Å². The van der Waals surface area contributed by atoms with Crippen LogP contribution in [0.4, 0.5) is 18.9 Å². The summed E-state index contributed by atoms with van der Waals surface area (Å²) >= 11 is 0. The molecule has 3 nitrogen and oxygen atoms in total. The fourth-order valence-electron chi connectivity index (χ4n) is 2.87. The van der Waals surface area contributed by atoms with Crippen molar-refractivity contribution in [3.63, 3.8) is 0 Å². The van der Waals surface area contributed by atoms with Crippen LogP contribution in [-0.4, -0.2) is 30.6 Å². The van der Waals surface area contributed by atoms with Crippen molar-refractivity contribution in [3.05, 3.63) is 29.3 Å². The largest absolute Gasteiger partial charge is 0.417 e. The number of alkyl halides is 3. The van der Waals surface area contributed by atoms with Crippen molar-refractivity contribution in [2.24, 2.45) is 0 Å². The van der Waals surface area contributed by atoms with Gasteiger partial charge in [-0.15, -0.1) is 0 Å². The van der Waals surface area contributed by atoms with Crippen molar-refractivity contribution in [1.82, 2.24) is 0 Å². The Morgan fingerprint density at radius 2 is 2.14 bits per heavy atom. The lowest BCUT2D eigenvalue weighted by Gasteiger charge is -2.27. The highest BCUT2D eigenvalue weighted by Gasteiger charge is 2.35. The molecule has 0 amide bonds. The average Bonchev–Trinajstić information content (AvgIpc) is 2.91. The molecule has 1 aromatic rings. The molecular formula is C15H18F3NO2. The fraction of sp³-hybridized carbons (Fsp3) is 0.533. The van der Waals surface area contributed by atoms with Crippen LogP contribution in [0.25, 0.3) is 0 Å². The van der Waals surface area contributed by atoms with Crippen LogP contribution in [0.1, 0.15) is 41.6 Å². The summed E-state index contributed by atoms with van der Waals surface area (Å²) < 4.78 is 39.0. The zero-order valence-corrected chi connectivity index (χ0v) is 11.6. The molecule has 1 N–H and O–H groups in total. The number of anilines is 1. The van der Waals surface area contributed by atoms with Gasteiger partial charge in [0.1, 0.15) is 0 Å². The molecule has 2 rings (SSSR count). The molecule has 1 aliphatic heterocycles. The number of rotatable bonds is 5. The van der Waals surface area contributed by atoms with Crippen LogP contribution in [0.5, 0.6) is 0 Å². The van der Waals surface area contributed by atoms with Crippen molar-refractivity contribution in [2.45, 2.75) is 37.9 Å². The van der Waals surface area contributed by atoms with Gasteiger partial charge in [0.25, 0.3) is 0 Å². The molecule has 1 fully saturated rings. The second-order valence-electron chi connectivity index (χ2n) is 5.24. The SMILES string of the molecule is O=Cc1ccc(N2CCCC2CCCO)cc1C(F)(F)F. The monoisotopic (exact) mass is 301 g/mol. The molecule has 1 atom stereocenters. The first-order valence-electron chi connectivity index (χ1n) is 7.01. The third-order valence-corrected chi connectivity index (χ3v) is 3.87. The molecule has 0 aromatic heterocycles. The molecule has 21 heavy (non-hydrogen) atoms. The van der Waals surface area contributed by atoms with Crippen LogP contribution in [0, 0.1) is 0 Å². The Morgan fingerprint density at radius 1 is 1.38 bits per heavy atom. The number of hydrogen-bond donors (Lipinski definition) is 1. The molecule has 0 radical (unpaired) electrons. The van der Waals surface area contributed by atoms with E-state index in [1.54, 1.807) is 6.07 Å². The van der Waals surface area contributed by atoms with E-state index in [-0.39, 0.29) is 24.5 Å². The van der Waals surface area contributed by atoms with Crippen LogP contribution in [0.3, 0.4) is 0 Å². The van der Waals surface area contributed by atoms with Crippen molar-refractivity contribution >= 4 is 12.0 Å². The Morgan fingerprint density at radius 3 is 2.76 bits per heavy atom. The van der Waals surface area contributed by atoms with E-state index in [0.29, 0.717) is 18.7 Å². The minimum atomic E-state index is -4.54. The minimum absolute atomic E-state index is 0.0855. The third kappa shape index (κ3) is 3.56. The van der Waals surface area contributed by atoms with Gasteiger partial charge in [-0.2, -0.15) is 13.2 Å². The fourth-order valence-corrected chi connectivity index (χ4v) is 2.87. The molecule has 0 bridgehead atoms. The Balaban J connectivity index is 2.29. The smallest absolute Gasteiger partial charge is 0.396 e. The Labute approximate surface area is 121 Å². The lowest BCUT2D eigenvalue weighted by atomic mass is 10.0. The number of benzene rings is 1. The predicted molar refractivity (Wildman–Crippen MR) is 73.5 cm³/mol. The summed E-state index contributed by atoms with van der Waals surface area (Å²) in [4.78, 5) is 12.7. The second kappa shape index (κ2) is 6.47. The summed E-state index contributed by atoms with van der Waals surface area (Å²) in [5.41, 5.74) is -0.728. The third-order valence-electron chi connectivity index (χ3n) is 3.87. The topological polar surface area (TPSA) is 40.5 Å². The molecule has 0 saturated carbocycles. The lowest BCUT2D eigenvalue weighted by Crippen LogP contribution is -2.29. The van der Waals surface area contributed by atoms with Gasteiger partial charge in [0.2, 0.25) is 0 Å². The highest BCUT2D eigenvalue weighted by Crippen LogP contribution is 2.36. The first-order chi connectivity index (χ1) is 9.97. The molecule has 1 unspecified atom stereocenters. The number of carbonyl (C=O) groups is 1. The van der Waals surface area contributed by atoms with E-state index >= 15 is 0 Å². The highest BCUT2D eigenvalue weighted by molar-refractivity contribution is 5.79. The van der Waals surface area contributed by atoms with Gasteiger partial charge in [-0.05, 0) is 43.9 Å². The van der Waals surface area contributed by atoms with E-state index < -0.39 is 11.7 Å². The molecule has 116 valence electrons. The van der Waals surface area contributed by atoms with E-state index in [4.69, 9.17) is 5.11 Å². The summed E-state index contributed by atoms with van der Waals surface area (Å²) in [6, 6.07) is 4.00. The van der Waals surface area contributed by atoms with E-state index in [2.05, 4.69) is 0 Å². The predicted octanol–water partition coefficient (Wildman–Crippen LogP) is 3.26.